The summed E-state index contributed by atoms with van der Waals surface area (Å²) in [5.41, 5.74) is 1.71. The minimum absolute atomic E-state index is 0.0266. The van der Waals surface area contributed by atoms with Crippen molar-refractivity contribution in [3.8, 4) is 6.07 Å². The summed E-state index contributed by atoms with van der Waals surface area (Å²) in [6.07, 6.45) is 1.45. The minimum Gasteiger partial charge on any atom is -0.326 e. The number of hydrogen-bond donors (Lipinski definition) is 2. The highest BCUT2D eigenvalue weighted by molar-refractivity contribution is 7.09. The zero-order valence-electron chi connectivity index (χ0n) is 12.6. The van der Waals surface area contributed by atoms with E-state index in [1.807, 2.05) is 13.0 Å². The van der Waals surface area contributed by atoms with Gasteiger partial charge < -0.3 is 10.6 Å². The molecule has 7 heteroatoms. The maximum absolute atomic E-state index is 12.1. The molecule has 1 aromatic carbocycles. The van der Waals surface area contributed by atoms with E-state index in [4.69, 9.17) is 5.26 Å². The zero-order valence-corrected chi connectivity index (χ0v) is 13.4. The van der Waals surface area contributed by atoms with Gasteiger partial charge in [0.05, 0.1) is 10.7 Å². The Morgan fingerprint density at radius 1 is 1.22 bits per heavy atom. The molecule has 0 saturated heterocycles. The van der Waals surface area contributed by atoms with Gasteiger partial charge in [-0.15, -0.1) is 11.3 Å². The highest BCUT2D eigenvalue weighted by atomic mass is 32.1. The summed E-state index contributed by atoms with van der Waals surface area (Å²) >= 11 is 1.45. The molecule has 0 radical (unpaired) electrons. The predicted molar refractivity (Wildman–Crippen MR) is 89.8 cm³/mol. The van der Waals surface area contributed by atoms with E-state index < -0.39 is 5.91 Å². The second-order valence-electron chi connectivity index (χ2n) is 4.67. The number of benzene rings is 1. The third-order valence-corrected chi connectivity index (χ3v) is 3.55. The van der Waals surface area contributed by atoms with Crippen molar-refractivity contribution >= 4 is 40.6 Å². The Labute approximate surface area is 137 Å². The summed E-state index contributed by atoms with van der Waals surface area (Å²) < 4.78 is 0. The molecule has 2 rings (SSSR count). The van der Waals surface area contributed by atoms with Crippen molar-refractivity contribution in [2.24, 2.45) is 0 Å². The maximum Gasteiger partial charge on any atom is 0.266 e. The third kappa shape index (κ3) is 4.76. The van der Waals surface area contributed by atoms with Crippen LogP contribution in [0.2, 0.25) is 0 Å². The largest absolute Gasteiger partial charge is 0.326 e. The predicted octanol–water partition coefficient (Wildman–Crippen LogP) is 2.96. The number of carbonyl (C=O) groups is 2. The van der Waals surface area contributed by atoms with E-state index in [1.54, 1.807) is 29.6 Å². The molecule has 116 valence electrons. The number of aromatic nitrogens is 1. The van der Waals surface area contributed by atoms with E-state index in [9.17, 15) is 9.59 Å². The molecule has 2 N–H and O–H groups in total. The first-order valence-electron chi connectivity index (χ1n) is 6.71. The van der Waals surface area contributed by atoms with Crippen LogP contribution in [0.3, 0.4) is 0 Å². The SMILES string of the molecule is CC(=O)Nc1ccc(NC(=O)/C(C#N)=C/c2csc(C)n2)cc1. The summed E-state index contributed by atoms with van der Waals surface area (Å²) in [6.45, 7) is 3.27. The summed E-state index contributed by atoms with van der Waals surface area (Å²) in [6, 6.07) is 8.49. The van der Waals surface area contributed by atoms with E-state index in [-0.39, 0.29) is 11.5 Å². The molecule has 1 heterocycles. The van der Waals surface area contributed by atoms with E-state index in [0.29, 0.717) is 17.1 Å². The van der Waals surface area contributed by atoms with Crippen molar-refractivity contribution < 1.29 is 9.59 Å². The number of aryl methyl sites for hydroxylation is 1. The zero-order chi connectivity index (χ0) is 16.8. The number of nitrogens with zero attached hydrogens (tertiary/aromatic N) is 2. The van der Waals surface area contributed by atoms with Crippen molar-refractivity contribution in [1.82, 2.24) is 4.98 Å². The van der Waals surface area contributed by atoms with Gasteiger partial charge in [-0.3, -0.25) is 9.59 Å². The van der Waals surface area contributed by atoms with Gasteiger partial charge in [-0.1, -0.05) is 0 Å². The van der Waals surface area contributed by atoms with Gasteiger partial charge in [-0.25, -0.2) is 4.98 Å². The highest BCUT2D eigenvalue weighted by Gasteiger charge is 2.10. The number of anilines is 2. The number of hydrogen-bond acceptors (Lipinski definition) is 5. The van der Waals surface area contributed by atoms with Gasteiger partial charge in [0.15, 0.2) is 0 Å². The molecule has 2 amide bonds. The van der Waals surface area contributed by atoms with Crippen LogP contribution >= 0.6 is 11.3 Å². The molecular weight excluding hydrogens is 312 g/mol. The molecule has 6 nitrogen and oxygen atoms in total. The Balaban J connectivity index is 2.09. The molecule has 0 bridgehead atoms. The smallest absolute Gasteiger partial charge is 0.266 e. The second kappa shape index (κ2) is 7.33. The molecule has 0 atom stereocenters. The van der Waals surface area contributed by atoms with E-state index in [1.165, 1.54) is 24.3 Å². The van der Waals surface area contributed by atoms with E-state index >= 15 is 0 Å². The fourth-order valence-corrected chi connectivity index (χ4v) is 2.35. The molecule has 1 aromatic heterocycles. The van der Waals surface area contributed by atoms with E-state index in [2.05, 4.69) is 15.6 Å². The summed E-state index contributed by atoms with van der Waals surface area (Å²) in [5.74, 6) is -0.680. The van der Waals surface area contributed by atoms with Crippen LogP contribution in [0.4, 0.5) is 11.4 Å². The van der Waals surface area contributed by atoms with Gasteiger partial charge in [-0.05, 0) is 37.3 Å². The number of rotatable bonds is 4. The average molecular weight is 326 g/mol. The Morgan fingerprint density at radius 2 is 1.83 bits per heavy atom. The Bertz CT molecular complexity index is 800. The van der Waals surface area contributed by atoms with Crippen LogP contribution in [0.15, 0.2) is 35.2 Å². The van der Waals surface area contributed by atoms with Crippen LogP contribution in [-0.4, -0.2) is 16.8 Å². The van der Waals surface area contributed by atoms with Crippen molar-refractivity contribution in [3.63, 3.8) is 0 Å². The monoisotopic (exact) mass is 326 g/mol. The number of carbonyl (C=O) groups excluding carboxylic acids is 2. The number of amides is 2. The molecule has 0 aliphatic carbocycles. The minimum atomic E-state index is -0.509. The number of nitriles is 1. The Kier molecular flexibility index (Phi) is 5.23. The fraction of sp³-hybridized carbons (Fsp3) is 0.125. The Morgan fingerprint density at radius 3 is 2.30 bits per heavy atom. The summed E-state index contributed by atoms with van der Waals surface area (Å²) in [7, 11) is 0. The van der Waals surface area contributed by atoms with Crippen LogP contribution in [0, 0.1) is 18.3 Å². The van der Waals surface area contributed by atoms with Crippen LogP contribution < -0.4 is 10.6 Å². The molecule has 0 aliphatic heterocycles. The number of nitrogens with one attached hydrogen (secondary N) is 2. The first-order chi connectivity index (χ1) is 11.0. The lowest BCUT2D eigenvalue weighted by Crippen LogP contribution is -2.13. The van der Waals surface area contributed by atoms with Crippen LogP contribution in [-0.2, 0) is 9.59 Å². The van der Waals surface area contributed by atoms with Crippen molar-refractivity contribution in [1.29, 1.82) is 5.26 Å². The summed E-state index contributed by atoms with van der Waals surface area (Å²) in [5, 5.41) is 17.0. The average Bonchev–Trinajstić information content (AvgIpc) is 2.91. The molecule has 23 heavy (non-hydrogen) atoms. The molecule has 0 unspecified atom stereocenters. The van der Waals surface area contributed by atoms with Crippen LogP contribution in [0.25, 0.3) is 6.08 Å². The maximum atomic E-state index is 12.1. The van der Waals surface area contributed by atoms with Crippen LogP contribution in [0.5, 0.6) is 0 Å². The molecule has 0 fully saturated rings. The quantitative estimate of drug-likeness (QED) is 0.667. The summed E-state index contributed by atoms with van der Waals surface area (Å²) in [4.78, 5) is 27.3. The lowest BCUT2D eigenvalue weighted by atomic mass is 10.2. The molecule has 0 spiro atoms. The van der Waals surface area contributed by atoms with Crippen molar-refractivity contribution in [2.75, 3.05) is 10.6 Å². The van der Waals surface area contributed by atoms with Gasteiger partial charge in [0.1, 0.15) is 11.6 Å². The van der Waals surface area contributed by atoms with Gasteiger partial charge >= 0.3 is 0 Å². The van der Waals surface area contributed by atoms with Gasteiger partial charge in [-0.2, -0.15) is 5.26 Å². The lowest BCUT2D eigenvalue weighted by molar-refractivity contribution is -0.114. The van der Waals surface area contributed by atoms with Gasteiger partial charge in [0, 0.05) is 23.7 Å². The molecule has 2 aromatic rings. The Hall–Kier alpha value is -2.98. The van der Waals surface area contributed by atoms with E-state index in [0.717, 1.165) is 5.01 Å². The van der Waals surface area contributed by atoms with Crippen molar-refractivity contribution in [3.05, 3.63) is 45.9 Å². The molecular formula is C16H14N4O2S. The molecule has 0 saturated carbocycles. The first kappa shape index (κ1) is 16.4. The normalized spacial score (nSPS) is 10.7. The van der Waals surface area contributed by atoms with Crippen molar-refractivity contribution in [2.45, 2.75) is 13.8 Å². The topological polar surface area (TPSA) is 94.9 Å². The van der Waals surface area contributed by atoms with Crippen LogP contribution in [0.1, 0.15) is 17.6 Å². The second-order valence-corrected chi connectivity index (χ2v) is 5.74. The third-order valence-electron chi connectivity index (χ3n) is 2.76. The fourth-order valence-electron chi connectivity index (χ4n) is 1.78. The number of thiazole rings is 1. The highest BCUT2D eigenvalue weighted by Crippen LogP contribution is 2.16. The standard InChI is InChI=1S/C16H14N4O2S/c1-10(21)18-13-3-5-14(6-4-13)20-16(22)12(8-17)7-15-9-23-11(2)19-15/h3-7,9H,1-2H3,(H,18,21)(H,20,22)/b12-7+. The lowest BCUT2D eigenvalue weighted by Gasteiger charge is -2.06. The molecule has 0 aliphatic rings. The van der Waals surface area contributed by atoms with Gasteiger partial charge in [0.25, 0.3) is 5.91 Å². The first-order valence-corrected chi connectivity index (χ1v) is 7.59. The van der Waals surface area contributed by atoms with Gasteiger partial charge in [0.2, 0.25) is 5.91 Å².